The summed E-state index contributed by atoms with van der Waals surface area (Å²) in [5.41, 5.74) is 6.92. The third kappa shape index (κ3) is 5.67. The first-order chi connectivity index (χ1) is 11.1. The van der Waals surface area contributed by atoms with Crippen LogP contribution in [0.5, 0.6) is 0 Å². The van der Waals surface area contributed by atoms with Crippen molar-refractivity contribution in [1.29, 1.82) is 0 Å². The lowest BCUT2D eigenvalue weighted by Crippen LogP contribution is -2.17. The molecule has 2 aromatic rings. The molecule has 0 radical (unpaired) electrons. The van der Waals surface area contributed by atoms with E-state index in [2.05, 4.69) is 0 Å². The van der Waals surface area contributed by atoms with Gasteiger partial charge in [0.15, 0.2) is 0 Å². The van der Waals surface area contributed by atoms with Crippen LogP contribution in [0.4, 0.5) is 0 Å². The second kappa shape index (κ2) is 8.38. The lowest BCUT2D eigenvalue weighted by atomic mass is 10.2. The van der Waals surface area contributed by atoms with Crippen molar-refractivity contribution in [2.24, 2.45) is 5.73 Å². The van der Waals surface area contributed by atoms with E-state index in [0.29, 0.717) is 0 Å². The van der Waals surface area contributed by atoms with E-state index >= 15 is 0 Å². The van der Waals surface area contributed by atoms with Crippen LogP contribution in [0.1, 0.15) is 11.1 Å². The molecule has 0 aromatic heterocycles. The largest absolute Gasteiger partial charge is 0.458 e. The SMILES string of the molecule is N/C(=C/C(=O)OCc1ccccc1)C(=O)OCc1ccccc1. The number of nitrogens with two attached hydrogens (primary N) is 1. The number of hydrogen-bond acceptors (Lipinski definition) is 5. The summed E-state index contributed by atoms with van der Waals surface area (Å²) in [7, 11) is 0. The van der Waals surface area contributed by atoms with Gasteiger partial charge in [-0.05, 0) is 11.1 Å². The van der Waals surface area contributed by atoms with Crippen molar-refractivity contribution in [3.8, 4) is 0 Å². The molecule has 2 N–H and O–H groups in total. The van der Waals surface area contributed by atoms with E-state index in [0.717, 1.165) is 17.2 Å². The number of carbonyl (C=O) groups is 2. The minimum Gasteiger partial charge on any atom is -0.458 e. The Morgan fingerprint density at radius 3 is 1.83 bits per heavy atom. The molecule has 0 heterocycles. The predicted octanol–water partition coefficient (Wildman–Crippen LogP) is 2.32. The van der Waals surface area contributed by atoms with Crippen molar-refractivity contribution < 1.29 is 19.1 Å². The highest BCUT2D eigenvalue weighted by Crippen LogP contribution is 2.04. The lowest BCUT2D eigenvalue weighted by Gasteiger charge is -2.05. The van der Waals surface area contributed by atoms with Gasteiger partial charge in [0, 0.05) is 0 Å². The van der Waals surface area contributed by atoms with Crippen molar-refractivity contribution in [1.82, 2.24) is 0 Å². The van der Waals surface area contributed by atoms with Gasteiger partial charge in [0.2, 0.25) is 0 Å². The molecule has 2 aromatic carbocycles. The molecule has 0 unspecified atom stereocenters. The molecule has 0 fully saturated rings. The van der Waals surface area contributed by atoms with E-state index in [4.69, 9.17) is 15.2 Å². The van der Waals surface area contributed by atoms with Gasteiger partial charge in [0.05, 0.1) is 6.08 Å². The fourth-order valence-electron chi connectivity index (χ4n) is 1.76. The maximum Gasteiger partial charge on any atom is 0.354 e. The molecule has 0 amide bonds. The summed E-state index contributed by atoms with van der Waals surface area (Å²) in [6, 6.07) is 18.4. The monoisotopic (exact) mass is 311 g/mol. The topological polar surface area (TPSA) is 78.6 Å². The Kier molecular flexibility index (Phi) is 5.94. The molecule has 0 spiro atoms. The molecule has 2 rings (SSSR count). The van der Waals surface area contributed by atoms with Gasteiger partial charge in [-0.25, -0.2) is 9.59 Å². The Hall–Kier alpha value is -3.08. The molecule has 0 bridgehead atoms. The maximum atomic E-state index is 11.7. The molecule has 0 saturated carbocycles. The average Bonchev–Trinajstić information content (AvgIpc) is 2.59. The predicted molar refractivity (Wildman–Crippen MR) is 84.7 cm³/mol. The van der Waals surface area contributed by atoms with Gasteiger partial charge in [-0.1, -0.05) is 60.7 Å². The Morgan fingerprint density at radius 1 is 0.826 bits per heavy atom. The molecule has 118 valence electrons. The highest BCUT2D eigenvalue weighted by atomic mass is 16.5. The molecule has 0 aliphatic carbocycles. The summed E-state index contributed by atoms with van der Waals surface area (Å²) in [6.07, 6.45) is 0.927. The van der Waals surface area contributed by atoms with Crippen LogP contribution in [0, 0.1) is 0 Å². The van der Waals surface area contributed by atoms with Crippen LogP contribution in [0.2, 0.25) is 0 Å². The summed E-state index contributed by atoms with van der Waals surface area (Å²) in [6.45, 7) is 0.204. The fourth-order valence-corrected chi connectivity index (χ4v) is 1.76. The molecule has 5 nitrogen and oxygen atoms in total. The third-order valence-corrected chi connectivity index (χ3v) is 2.95. The second-order valence-corrected chi connectivity index (χ2v) is 4.75. The zero-order valence-electron chi connectivity index (χ0n) is 12.5. The molecule has 23 heavy (non-hydrogen) atoms. The summed E-state index contributed by atoms with van der Waals surface area (Å²) >= 11 is 0. The zero-order valence-corrected chi connectivity index (χ0v) is 12.5. The highest BCUT2D eigenvalue weighted by molar-refractivity contribution is 5.95. The van der Waals surface area contributed by atoms with Gasteiger partial charge >= 0.3 is 11.9 Å². The number of ether oxygens (including phenoxy) is 2. The van der Waals surface area contributed by atoms with E-state index in [1.165, 1.54) is 0 Å². The van der Waals surface area contributed by atoms with E-state index in [1.54, 1.807) is 0 Å². The Morgan fingerprint density at radius 2 is 1.30 bits per heavy atom. The van der Waals surface area contributed by atoms with Crippen LogP contribution in [0.25, 0.3) is 0 Å². The quantitative estimate of drug-likeness (QED) is 0.654. The van der Waals surface area contributed by atoms with Crippen molar-refractivity contribution in [3.63, 3.8) is 0 Å². The highest BCUT2D eigenvalue weighted by Gasteiger charge is 2.10. The summed E-state index contributed by atoms with van der Waals surface area (Å²) in [4.78, 5) is 23.3. The van der Waals surface area contributed by atoms with Gasteiger partial charge in [0.1, 0.15) is 18.9 Å². The van der Waals surface area contributed by atoms with Crippen molar-refractivity contribution >= 4 is 11.9 Å². The smallest absolute Gasteiger partial charge is 0.354 e. The average molecular weight is 311 g/mol. The van der Waals surface area contributed by atoms with Gasteiger partial charge < -0.3 is 15.2 Å². The Balaban J connectivity index is 1.80. The van der Waals surface area contributed by atoms with Crippen molar-refractivity contribution in [2.75, 3.05) is 0 Å². The van der Waals surface area contributed by atoms with Crippen molar-refractivity contribution in [2.45, 2.75) is 13.2 Å². The van der Waals surface area contributed by atoms with E-state index in [-0.39, 0.29) is 18.9 Å². The van der Waals surface area contributed by atoms with Crippen LogP contribution in [-0.4, -0.2) is 11.9 Å². The number of hydrogen-bond donors (Lipinski definition) is 1. The first-order valence-electron chi connectivity index (χ1n) is 7.04. The first kappa shape index (κ1) is 16.3. The van der Waals surface area contributed by atoms with Gasteiger partial charge in [0.25, 0.3) is 0 Å². The standard InChI is InChI=1S/C18H17NO4/c19-16(18(21)23-13-15-9-5-2-6-10-15)11-17(20)22-12-14-7-3-1-4-8-14/h1-11H,12-13,19H2/b16-11+. The third-order valence-electron chi connectivity index (χ3n) is 2.95. The van der Waals surface area contributed by atoms with Crippen LogP contribution >= 0.6 is 0 Å². The van der Waals surface area contributed by atoms with Crippen molar-refractivity contribution in [3.05, 3.63) is 83.6 Å². The molecule has 0 aliphatic rings. The number of benzene rings is 2. The molecular formula is C18H17NO4. The van der Waals surface area contributed by atoms with E-state index < -0.39 is 11.9 Å². The van der Waals surface area contributed by atoms with Gasteiger partial charge in [-0.2, -0.15) is 0 Å². The molecular weight excluding hydrogens is 294 g/mol. The summed E-state index contributed by atoms with van der Waals surface area (Å²) in [5, 5.41) is 0. The number of carbonyl (C=O) groups excluding carboxylic acids is 2. The normalized spacial score (nSPS) is 10.9. The lowest BCUT2D eigenvalue weighted by molar-refractivity contribution is -0.142. The Labute approximate surface area is 134 Å². The van der Waals surface area contributed by atoms with E-state index in [9.17, 15) is 9.59 Å². The van der Waals surface area contributed by atoms with Crippen LogP contribution in [-0.2, 0) is 32.3 Å². The van der Waals surface area contributed by atoms with Crippen LogP contribution in [0.15, 0.2) is 72.4 Å². The summed E-state index contributed by atoms with van der Waals surface area (Å²) in [5.74, 6) is -1.45. The summed E-state index contributed by atoms with van der Waals surface area (Å²) < 4.78 is 10.0. The zero-order chi connectivity index (χ0) is 16.5. The van der Waals surface area contributed by atoms with E-state index in [1.807, 2.05) is 60.7 Å². The van der Waals surface area contributed by atoms with Crippen LogP contribution < -0.4 is 5.73 Å². The molecule has 0 saturated heterocycles. The molecule has 0 atom stereocenters. The molecule has 0 aliphatic heterocycles. The first-order valence-corrected chi connectivity index (χ1v) is 7.04. The number of rotatable bonds is 6. The second-order valence-electron chi connectivity index (χ2n) is 4.75. The molecule has 5 heteroatoms. The number of esters is 2. The Bertz CT molecular complexity index is 681. The van der Waals surface area contributed by atoms with Crippen LogP contribution in [0.3, 0.4) is 0 Å². The van der Waals surface area contributed by atoms with Gasteiger partial charge in [-0.15, -0.1) is 0 Å². The fraction of sp³-hybridized carbons (Fsp3) is 0.111. The minimum absolute atomic E-state index is 0.0906. The minimum atomic E-state index is -0.759. The van der Waals surface area contributed by atoms with Gasteiger partial charge in [-0.3, -0.25) is 0 Å². The maximum absolute atomic E-state index is 11.7.